The first-order valence-electron chi connectivity index (χ1n) is 10.5. The molecule has 1 aliphatic carbocycles. The number of nitrogens with one attached hydrogen (secondary N) is 2. The number of amides is 2. The summed E-state index contributed by atoms with van der Waals surface area (Å²) >= 11 is 0. The Morgan fingerprint density at radius 2 is 1.73 bits per heavy atom. The maximum atomic E-state index is 12.2. The van der Waals surface area contributed by atoms with E-state index in [0.29, 0.717) is 0 Å². The van der Waals surface area contributed by atoms with E-state index in [2.05, 4.69) is 45.2 Å². The van der Waals surface area contributed by atoms with Crippen LogP contribution in [0.4, 0.5) is 4.79 Å². The van der Waals surface area contributed by atoms with Gasteiger partial charge in [-0.25, -0.2) is 9.48 Å². The molecule has 3 aromatic rings. The smallest absolute Gasteiger partial charge is 0.407 e. The number of aliphatic carboxylic acids is 1. The lowest BCUT2D eigenvalue weighted by molar-refractivity contribution is -0.138. The van der Waals surface area contributed by atoms with E-state index in [1.165, 1.54) is 17.8 Å². The molecule has 1 atom stereocenters. The van der Waals surface area contributed by atoms with Crippen LogP contribution < -0.4 is 10.6 Å². The molecular weight excluding hydrogens is 426 g/mol. The number of ether oxygens (including phenoxy) is 1. The third-order valence-electron chi connectivity index (χ3n) is 5.44. The van der Waals surface area contributed by atoms with Gasteiger partial charge in [-0.2, -0.15) is 0 Å². The number of hydrogen-bond acceptors (Lipinski definition) is 6. The molecule has 0 saturated carbocycles. The van der Waals surface area contributed by atoms with Crippen molar-refractivity contribution < 1.29 is 24.2 Å². The van der Waals surface area contributed by atoms with Gasteiger partial charge in [0.15, 0.2) is 5.69 Å². The summed E-state index contributed by atoms with van der Waals surface area (Å²) in [6, 6.07) is 15.2. The molecule has 33 heavy (non-hydrogen) atoms. The van der Waals surface area contributed by atoms with Crippen LogP contribution in [0.15, 0.2) is 54.7 Å². The third kappa shape index (κ3) is 4.84. The molecular formula is C23H23N5O5. The lowest BCUT2D eigenvalue weighted by atomic mass is 9.98. The number of alkyl carbamates (subject to hydrolysis) is 1. The highest BCUT2D eigenvalue weighted by Gasteiger charge is 2.29. The highest BCUT2D eigenvalue weighted by molar-refractivity contribution is 5.94. The average molecular weight is 449 g/mol. The highest BCUT2D eigenvalue weighted by Crippen LogP contribution is 2.44. The van der Waals surface area contributed by atoms with Crippen LogP contribution in [0.1, 0.15) is 34.5 Å². The summed E-state index contributed by atoms with van der Waals surface area (Å²) in [5.41, 5.74) is 4.58. The molecule has 2 aromatic carbocycles. The molecule has 2 amide bonds. The largest absolute Gasteiger partial charge is 0.480 e. The van der Waals surface area contributed by atoms with E-state index in [0.717, 1.165) is 22.3 Å². The number of hydrogen-bond donors (Lipinski definition) is 3. The summed E-state index contributed by atoms with van der Waals surface area (Å²) in [6.45, 7) is 2.05. The molecule has 0 unspecified atom stereocenters. The summed E-state index contributed by atoms with van der Waals surface area (Å²) in [4.78, 5) is 35.0. The van der Waals surface area contributed by atoms with Crippen LogP contribution in [0.25, 0.3) is 11.1 Å². The van der Waals surface area contributed by atoms with Crippen molar-refractivity contribution in [1.82, 2.24) is 25.6 Å². The third-order valence-corrected chi connectivity index (χ3v) is 5.44. The minimum atomic E-state index is -1.15. The van der Waals surface area contributed by atoms with Gasteiger partial charge in [0.1, 0.15) is 12.6 Å². The summed E-state index contributed by atoms with van der Waals surface area (Å²) in [7, 11) is 0. The first kappa shape index (κ1) is 22.0. The van der Waals surface area contributed by atoms with E-state index in [-0.39, 0.29) is 31.3 Å². The van der Waals surface area contributed by atoms with Crippen LogP contribution in [0.5, 0.6) is 0 Å². The van der Waals surface area contributed by atoms with Gasteiger partial charge in [0.25, 0.3) is 5.91 Å². The maximum Gasteiger partial charge on any atom is 0.407 e. The van der Waals surface area contributed by atoms with E-state index in [1.807, 2.05) is 24.3 Å². The average Bonchev–Trinajstić information content (AvgIpc) is 3.41. The summed E-state index contributed by atoms with van der Waals surface area (Å²) < 4.78 is 6.85. The van der Waals surface area contributed by atoms with Gasteiger partial charge in [-0.05, 0) is 29.2 Å². The molecule has 4 rings (SSSR count). The predicted octanol–water partition coefficient (Wildman–Crippen LogP) is 2.02. The number of carbonyl (C=O) groups excluding carboxylic acids is 2. The Hall–Kier alpha value is -4.21. The van der Waals surface area contributed by atoms with Crippen LogP contribution in [0.3, 0.4) is 0 Å². The molecule has 0 aliphatic heterocycles. The van der Waals surface area contributed by atoms with Crippen LogP contribution in [-0.4, -0.2) is 57.3 Å². The molecule has 1 aromatic heterocycles. The van der Waals surface area contributed by atoms with Crippen molar-refractivity contribution in [3.63, 3.8) is 0 Å². The van der Waals surface area contributed by atoms with Crippen LogP contribution in [0, 0.1) is 0 Å². The van der Waals surface area contributed by atoms with Crippen LogP contribution >= 0.6 is 0 Å². The van der Waals surface area contributed by atoms with Crippen molar-refractivity contribution in [3.05, 3.63) is 71.5 Å². The Balaban J connectivity index is 1.26. The SMILES string of the molecule is C[C@@H](NC(=O)c1cn(CCNC(=O)OCC2c3ccccc3-c3ccccc32)nn1)C(=O)O. The van der Waals surface area contributed by atoms with Crippen molar-refractivity contribution in [1.29, 1.82) is 0 Å². The summed E-state index contributed by atoms with van der Waals surface area (Å²) in [6.07, 6.45) is 0.828. The van der Waals surface area contributed by atoms with Gasteiger partial charge in [-0.15, -0.1) is 5.10 Å². The quantitative estimate of drug-likeness (QED) is 0.479. The molecule has 3 N–H and O–H groups in total. The molecule has 0 saturated heterocycles. The number of benzene rings is 2. The van der Waals surface area contributed by atoms with Crippen LogP contribution in [0.2, 0.25) is 0 Å². The second-order valence-corrected chi connectivity index (χ2v) is 7.65. The van der Waals surface area contributed by atoms with E-state index < -0.39 is 24.0 Å². The number of carboxylic acids is 1. The number of carbonyl (C=O) groups is 3. The van der Waals surface area contributed by atoms with E-state index in [9.17, 15) is 14.4 Å². The van der Waals surface area contributed by atoms with Gasteiger partial charge in [0.2, 0.25) is 0 Å². The molecule has 1 aliphatic rings. The van der Waals surface area contributed by atoms with Gasteiger partial charge >= 0.3 is 12.1 Å². The Labute approximate surface area is 189 Å². The molecule has 170 valence electrons. The fraction of sp³-hybridized carbons (Fsp3) is 0.261. The summed E-state index contributed by atoms with van der Waals surface area (Å²) in [5.74, 6) is -1.81. The van der Waals surface area contributed by atoms with Gasteiger partial charge in [-0.1, -0.05) is 53.7 Å². The monoisotopic (exact) mass is 449 g/mol. The number of aromatic nitrogens is 3. The van der Waals surface area contributed by atoms with Crippen molar-refractivity contribution in [2.45, 2.75) is 25.4 Å². The lowest BCUT2D eigenvalue weighted by Gasteiger charge is -2.14. The minimum absolute atomic E-state index is 0.00996. The van der Waals surface area contributed by atoms with Gasteiger partial charge in [-0.3, -0.25) is 9.59 Å². The van der Waals surface area contributed by atoms with Crippen molar-refractivity contribution in [3.8, 4) is 11.1 Å². The van der Waals surface area contributed by atoms with Crippen molar-refractivity contribution >= 4 is 18.0 Å². The van der Waals surface area contributed by atoms with E-state index in [4.69, 9.17) is 9.84 Å². The second kappa shape index (κ2) is 9.51. The Morgan fingerprint density at radius 3 is 2.36 bits per heavy atom. The number of fused-ring (bicyclic) bond motifs is 3. The second-order valence-electron chi connectivity index (χ2n) is 7.65. The van der Waals surface area contributed by atoms with E-state index in [1.54, 1.807) is 0 Å². The Bertz CT molecular complexity index is 1150. The van der Waals surface area contributed by atoms with Gasteiger partial charge < -0.3 is 20.5 Å². The highest BCUT2D eigenvalue weighted by atomic mass is 16.5. The number of carboxylic acid groups (broad SMARTS) is 1. The van der Waals surface area contributed by atoms with Gasteiger partial charge in [0, 0.05) is 12.5 Å². The van der Waals surface area contributed by atoms with Crippen molar-refractivity contribution in [2.24, 2.45) is 0 Å². The first-order valence-corrected chi connectivity index (χ1v) is 10.5. The minimum Gasteiger partial charge on any atom is -0.480 e. The fourth-order valence-corrected chi connectivity index (χ4v) is 3.77. The molecule has 0 radical (unpaired) electrons. The number of rotatable bonds is 8. The lowest BCUT2D eigenvalue weighted by Crippen LogP contribution is -2.38. The molecule has 0 bridgehead atoms. The van der Waals surface area contributed by atoms with Gasteiger partial charge in [0.05, 0.1) is 12.7 Å². The Morgan fingerprint density at radius 1 is 1.09 bits per heavy atom. The zero-order valence-electron chi connectivity index (χ0n) is 17.9. The molecule has 0 spiro atoms. The number of nitrogens with zero attached hydrogens (tertiary/aromatic N) is 3. The van der Waals surface area contributed by atoms with E-state index >= 15 is 0 Å². The normalized spacial score (nSPS) is 13.0. The Kier molecular flexibility index (Phi) is 6.34. The standard InChI is InChI=1S/C23H23N5O5/c1-14(22(30)31)25-21(29)20-12-28(27-26-20)11-10-24-23(32)33-13-19-17-8-4-2-6-15(17)16-7-3-5-9-18(16)19/h2-9,12,14,19H,10-11,13H2,1H3,(H,24,32)(H,25,29)(H,30,31)/t14-/m1/s1. The molecule has 10 heteroatoms. The topological polar surface area (TPSA) is 135 Å². The predicted molar refractivity (Wildman–Crippen MR) is 118 cm³/mol. The maximum absolute atomic E-state index is 12.2. The fourth-order valence-electron chi connectivity index (χ4n) is 3.77. The zero-order valence-corrected chi connectivity index (χ0v) is 17.9. The summed E-state index contributed by atoms with van der Waals surface area (Å²) in [5, 5.41) is 21.3. The van der Waals surface area contributed by atoms with Crippen molar-refractivity contribution in [2.75, 3.05) is 13.2 Å². The van der Waals surface area contributed by atoms with Crippen LogP contribution in [-0.2, 0) is 16.1 Å². The molecule has 1 heterocycles. The zero-order chi connectivity index (χ0) is 23.4. The molecule has 0 fully saturated rings. The molecule has 10 nitrogen and oxygen atoms in total. The first-order chi connectivity index (χ1) is 15.9.